The molecule has 0 aliphatic rings. The zero-order valence-electron chi connectivity index (χ0n) is 11.0. The molecule has 3 heterocycles. The van der Waals surface area contributed by atoms with Crippen molar-refractivity contribution >= 4 is 38.8 Å². The first-order valence-electron chi connectivity index (χ1n) is 6.03. The van der Waals surface area contributed by atoms with Gasteiger partial charge in [-0.25, -0.2) is 10.5 Å². The van der Waals surface area contributed by atoms with E-state index in [1.807, 2.05) is 22.9 Å². The van der Waals surface area contributed by atoms with Gasteiger partial charge in [0.2, 0.25) is 0 Å². The lowest BCUT2D eigenvalue weighted by Crippen LogP contribution is -2.31. The molecule has 6 nitrogen and oxygen atoms in total. The van der Waals surface area contributed by atoms with Gasteiger partial charge in [0.15, 0.2) is 0 Å². The van der Waals surface area contributed by atoms with Crippen LogP contribution in [0, 0.1) is 0 Å². The van der Waals surface area contributed by atoms with Crippen LogP contribution in [-0.4, -0.2) is 22.6 Å². The summed E-state index contributed by atoms with van der Waals surface area (Å²) in [7, 11) is 1.34. The molecule has 0 saturated heterocycles. The Kier molecular flexibility index (Phi) is 3.82. The van der Waals surface area contributed by atoms with Crippen LogP contribution >= 0.6 is 22.7 Å². The Hall–Kier alpha value is -2.03. The molecular formula is C13H11N3O3S2. The Morgan fingerprint density at radius 1 is 1.48 bits per heavy atom. The van der Waals surface area contributed by atoms with Crippen molar-refractivity contribution in [1.82, 2.24) is 15.0 Å². The molecule has 0 aliphatic heterocycles. The molecule has 21 heavy (non-hydrogen) atoms. The van der Waals surface area contributed by atoms with Crippen molar-refractivity contribution in [3.05, 3.63) is 39.6 Å². The third-order valence-corrected chi connectivity index (χ3v) is 4.67. The van der Waals surface area contributed by atoms with Crippen molar-refractivity contribution in [2.24, 2.45) is 0 Å². The monoisotopic (exact) mass is 321 g/mol. The van der Waals surface area contributed by atoms with Gasteiger partial charge in [0.1, 0.15) is 11.4 Å². The van der Waals surface area contributed by atoms with E-state index < -0.39 is 5.91 Å². The molecule has 108 valence electrons. The number of fused-ring (bicyclic) bond motifs is 1. The van der Waals surface area contributed by atoms with Crippen molar-refractivity contribution in [1.29, 1.82) is 0 Å². The Labute approximate surface area is 127 Å². The van der Waals surface area contributed by atoms with E-state index in [2.05, 4.69) is 15.3 Å². The number of nitrogens with one attached hydrogen (secondary N) is 1. The third kappa shape index (κ3) is 2.60. The standard InChI is InChI=1S/C13H11N3O3S2/c1-19-15-10(17)5-16-7-14-12-11(13(16)18)8(6-21-12)9-3-2-4-20-9/h2-4,6-7H,5H2,1H3,(H,15,17). The number of hydrogen-bond acceptors (Lipinski definition) is 6. The zero-order chi connectivity index (χ0) is 14.8. The Morgan fingerprint density at radius 3 is 3.05 bits per heavy atom. The van der Waals surface area contributed by atoms with Crippen molar-refractivity contribution in [2.75, 3.05) is 7.11 Å². The molecule has 0 saturated carbocycles. The molecule has 3 aromatic heterocycles. The predicted octanol–water partition coefficient (Wildman–Crippen LogP) is 1.86. The molecule has 3 aromatic rings. The molecule has 0 unspecified atom stereocenters. The number of rotatable bonds is 4. The molecule has 0 fully saturated rings. The maximum absolute atomic E-state index is 12.6. The van der Waals surface area contributed by atoms with Gasteiger partial charge in [-0.3, -0.25) is 19.0 Å². The van der Waals surface area contributed by atoms with Gasteiger partial charge < -0.3 is 0 Å². The average molecular weight is 321 g/mol. The highest BCUT2D eigenvalue weighted by atomic mass is 32.1. The van der Waals surface area contributed by atoms with Crippen LogP contribution in [0.15, 0.2) is 34.0 Å². The van der Waals surface area contributed by atoms with Gasteiger partial charge >= 0.3 is 0 Å². The second kappa shape index (κ2) is 5.76. The highest BCUT2D eigenvalue weighted by molar-refractivity contribution is 7.18. The average Bonchev–Trinajstić information content (AvgIpc) is 3.10. The summed E-state index contributed by atoms with van der Waals surface area (Å²) >= 11 is 2.98. The van der Waals surface area contributed by atoms with Gasteiger partial charge in [0.25, 0.3) is 11.5 Å². The van der Waals surface area contributed by atoms with Gasteiger partial charge in [0, 0.05) is 15.8 Å². The number of carbonyl (C=O) groups is 1. The minimum atomic E-state index is -0.409. The fourth-order valence-electron chi connectivity index (χ4n) is 1.99. The van der Waals surface area contributed by atoms with E-state index in [-0.39, 0.29) is 12.1 Å². The van der Waals surface area contributed by atoms with Gasteiger partial charge in [-0.15, -0.1) is 22.7 Å². The van der Waals surface area contributed by atoms with Gasteiger partial charge in [-0.2, -0.15) is 0 Å². The van der Waals surface area contributed by atoms with Gasteiger partial charge in [-0.1, -0.05) is 6.07 Å². The van der Waals surface area contributed by atoms with E-state index in [4.69, 9.17) is 0 Å². The fraction of sp³-hybridized carbons (Fsp3) is 0.154. The molecule has 1 amide bonds. The summed E-state index contributed by atoms with van der Waals surface area (Å²) in [5, 5.41) is 4.43. The second-order valence-corrected chi connectivity index (χ2v) is 6.02. The van der Waals surface area contributed by atoms with Crippen LogP contribution in [0.1, 0.15) is 0 Å². The maximum Gasteiger partial charge on any atom is 0.263 e. The summed E-state index contributed by atoms with van der Waals surface area (Å²) in [5.41, 5.74) is 2.82. The highest BCUT2D eigenvalue weighted by Gasteiger charge is 2.15. The third-order valence-electron chi connectivity index (χ3n) is 2.88. The van der Waals surface area contributed by atoms with Crippen LogP contribution in [0.4, 0.5) is 0 Å². The lowest BCUT2D eigenvalue weighted by atomic mass is 10.2. The number of hydrogen-bond donors (Lipinski definition) is 1. The summed E-state index contributed by atoms with van der Waals surface area (Å²) in [6.45, 7) is -0.130. The SMILES string of the molecule is CONC(=O)Cn1cnc2scc(-c3cccs3)c2c1=O. The Balaban J connectivity index is 2.09. The minimum absolute atomic E-state index is 0.130. The number of nitrogens with zero attached hydrogens (tertiary/aromatic N) is 2. The van der Waals surface area contributed by atoms with E-state index in [0.717, 1.165) is 10.4 Å². The molecular weight excluding hydrogens is 310 g/mol. The van der Waals surface area contributed by atoms with Crippen LogP contribution in [0.2, 0.25) is 0 Å². The first kappa shape index (κ1) is 13.9. The first-order valence-corrected chi connectivity index (χ1v) is 7.79. The number of carbonyl (C=O) groups excluding carboxylic acids is 1. The quantitative estimate of drug-likeness (QED) is 0.745. The van der Waals surface area contributed by atoms with E-state index >= 15 is 0 Å². The molecule has 3 rings (SSSR count). The van der Waals surface area contributed by atoms with Gasteiger partial charge in [-0.05, 0) is 11.4 Å². The van der Waals surface area contributed by atoms with Crippen LogP contribution < -0.4 is 11.0 Å². The summed E-state index contributed by atoms with van der Waals surface area (Å²) in [6, 6.07) is 3.89. The van der Waals surface area contributed by atoms with E-state index in [0.29, 0.717) is 10.2 Å². The second-order valence-electron chi connectivity index (χ2n) is 4.21. The van der Waals surface area contributed by atoms with Crippen molar-refractivity contribution in [3.8, 4) is 10.4 Å². The van der Waals surface area contributed by atoms with E-state index in [9.17, 15) is 9.59 Å². The highest BCUT2D eigenvalue weighted by Crippen LogP contribution is 2.33. The molecule has 8 heteroatoms. The van der Waals surface area contributed by atoms with Crippen LogP contribution in [0.5, 0.6) is 0 Å². The lowest BCUT2D eigenvalue weighted by molar-refractivity contribution is -0.131. The maximum atomic E-state index is 12.6. The van der Waals surface area contributed by atoms with Gasteiger partial charge in [0.05, 0.1) is 18.8 Å². The number of aromatic nitrogens is 2. The largest absolute Gasteiger partial charge is 0.289 e. The van der Waals surface area contributed by atoms with E-state index in [1.54, 1.807) is 11.3 Å². The number of hydroxylamine groups is 1. The smallest absolute Gasteiger partial charge is 0.263 e. The van der Waals surface area contributed by atoms with Crippen molar-refractivity contribution in [2.45, 2.75) is 6.54 Å². The topological polar surface area (TPSA) is 73.2 Å². The number of thiophene rings is 2. The summed E-state index contributed by atoms with van der Waals surface area (Å²) in [4.78, 5) is 34.6. The lowest BCUT2D eigenvalue weighted by Gasteiger charge is -2.05. The molecule has 1 N–H and O–H groups in total. The first-order chi connectivity index (χ1) is 10.2. The van der Waals surface area contributed by atoms with Crippen LogP contribution in [0.25, 0.3) is 20.7 Å². The molecule has 0 radical (unpaired) electrons. The molecule has 0 spiro atoms. The summed E-state index contributed by atoms with van der Waals surface area (Å²) < 4.78 is 1.28. The molecule has 0 atom stereocenters. The minimum Gasteiger partial charge on any atom is -0.289 e. The van der Waals surface area contributed by atoms with E-state index in [1.165, 1.54) is 29.3 Å². The molecule has 0 bridgehead atoms. The fourth-order valence-corrected chi connectivity index (χ4v) is 3.72. The normalized spacial score (nSPS) is 10.9. The Morgan fingerprint density at radius 2 is 2.33 bits per heavy atom. The predicted molar refractivity (Wildman–Crippen MR) is 82.3 cm³/mol. The molecule has 0 aliphatic carbocycles. The Bertz CT molecular complexity index is 836. The van der Waals surface area contributed by atoms with Crippen LogP contribution in [0.3, 0.4) is 0 Å². The van der Waals surface area contributed by atoms with Crippen molar-refractivity contribution in [3.63, 3.8) is 0 Å². The van der Waals surface area contributed by atoms with Crippen molar-refractivity contribution < 1.29 is 9.63 Å². The summed E-state index contributed by atoms with van der Waals surface area (Å²) in [5.74, 6) is -0.409. The molecule has 0 aromatic carbocycles. The van der Waals surface area contributed by atoms with Crippen LogP contribution in [-0.2, 0) is 16.2 Å². The number of amides is 1. The summed E-state index contributed by atoms with van der Waals surface area (Å²) in [6.07, 6.45) is 1.38. The zero-order valence-corrected chi connectivity index (χ0v) is 12.7.